The Bertz CT molecular complexity index is 500. The van der Waals surface area contributed by atoms with Crippen LogP contribution in [0.3, 0.4) is 0 Å². The maximum Gasteiger partial charge on any atom is 0.253 e. The molecule has 0 amide bonds. The number of benzene rings is 2. The second-order valence-corrected chi connectivity index (χ2v) is 3.67. The van der Waals surface area contributed by atoms with Gasteiger partial charge in [0.15, 0.2) is 0 Å². The predicted molar refractivity (Wildman–Crippen MR) is 59.1 cm³/mol. The van der Waals surface area contributed by atoms with Crippen LogP contribution in [0.5, 0.6) is 0 Å². The molecular weight excluding hydrogens is 219 g/mol. The zero-order chi connectivity index (χ0) is 10.1. The molecule has 0 N–H and O–H groups in total. The van der Waals surface area contributed by atoms with Crippen LogP contribution in [-0.4, -0.2) is 5.24 Å². The van der Waals surface area contributed by atoms with Crippen LogP contribution in [0, 0.1) is 0 Å². The van der Waals surface area contributed by atoms with E-state index in [2.05, 4.69) is 0 Å². The van der Waals surface area contributed by atoms with Crippen LogP contribution in [-0.2, 0) is 0 Å². The summed E-state index contributed by atoms with van der Waals surface area (Å²) >= 11 is 11.5. The van der Waals surface area contributed by atoms with Gasteiger partial charge in [-0.15, -0.1) is 0 Å². The van der Waals surface area contributed by atoms with E-state index in [1.807, 2.05) is 18.2 Å². The Labute approximate surface area is 91.2 Å². The van der Waals surface area contributed by atoms with E-state index in [-0.39, 0.29) is 0 Å². The summed E-state index contributed by atoms with van der Waals surface area (Å²) in [6, 6.07) is 10.8. The van der Waals surface area contributed by atoms with Crippen molar-refractivity contribution in [2.45, 2.75) is 0 Å². The minimum atomic E-state index is -0.483. The molecule has 0 spiro atoms. The van der Waals surface area contributed by atoms with Crippen molar-refractivity contribution in [2.24, 2.45) is 0 Å². The second-order valence-electron chi connectivity index (χ2n) is 2.92. The highest BCUT2D eigenvalue weighted by molar-refractivity contribution is 6.69. The van der Waals surface area contributed by atoms with Gasteiger partial charge in [0.05, 0.1) is 0 Å². The van der Waals surface area contributed by atoms with E-state index in [9.17, 15) is 4.79 Å². The summed E-state index contributed by atoms with van der Waals surface area (Å²) in [7, 11) is 0. The van der Waals surface area contributed by atoms with E-state index in [0.717, 1.165) is 10.8 Å². The average molecular weight is 225 g/mol. The quantitative estimate of drug-likeness (QED) is 0.673. The number of halogens is 2. The molecule has 2 rings (SSSR count). The maximum atomic E-state index is 11.1. The van der Waals surface area contributed by atoms with Gasteiger partial charge in [-0.05, 0) is 29.1 Å². The molecule has 0 saturated heterocycles. The minimum absolute atomic E-state index is 0.453. The van der Waals surface area contributed by atoms with Crippen LogP contribution in [0.25, 0.3) is 10.8 Å². The average Bonchev–Trinajstić information content (AvgIpc) is 2.17. The van der Waals surface area contributed by atoms with Crippen molar-refractivity contribution in [1.82, 2.24) is 0 Å². The van der Waals surface area contributed by atoms with Crippen molar-refractivity contribution in [2.75, 3.05) is 0 Å². The van der Waals surface area contributed by atoms with Crippen molar-refractivity contribution >= 4 is 39.2 Å². The van der Waals surface area contributed by atoms with Crippen molar-refractivity contribution in [3.8, 4) is 0 Å². The standard InChI is InChI=1S/C11H6Cl2O/c12-9-6-2-4-7-3-1-5-8(10(7)9)11(13)14/h1-6H. The third kappa shape index (κ3) is 1.49. The number of hydrogen-bond acceptors (Lipinski definition) is 1. The summed E-state index contributed by atoms with van der Waals surface area (Å²) in [4.78, 5) is 11.1. The highest BCUT2D eigenvalue weighted by atomic mass is 35.5. The molecule has 0 aliphatic heterocycles. The van der Waals surface area contributed by atoms with Gasteiger partial charge in [-0.1, -0.05) is 35.9 Å². The zero-order valence-electron chi connectivity index (χ0n) is 7.13. The molecule has 3 heteroatoms. The number of carbonyl (C=O) groups is 1. The summed E-state index contributed by atoms with van der Waals surface area (Å²) in [6.45, 7) is 0. The molecule has 0 atom stereocenters. The SMILES string of the molecule is O=C(Cl)c1cccc2cccc(Cl)c12. The van der Waals surface area contributed by atoms with Crippen LogP contribution in [0.15, 0.2) is 36.4 Å². The van der Waals surface area contributed by atoms with E-state index in [1.165, 1.54) is 0 Å². The van der Waals surface area contributed by atoms with Crippen molar-refractivity contribution in [3.05, 3.63) is 47.0 Å². The molecule has 0 unspecified atom stereocenters. The highest BCUT2D eigenvalue weighted by Crippen LogP contribution is 2.27. The minimum Gasteiger partial charge on any atom is -0.276 e. The Balaban J connectivity index is 2.91. The van der Waals surface area contributed by atoms with Gasteiger partial charge in [-0.2, -0.15) is 0 Å². The lowest BCUT2D eigenvalue weighted by molar-refractivity contribution is 0.108. The van der Waals surface area contributed by atoms with Crippen molar-refractivity contribution in [3.63, 3.8) is 0 Å². The maximum absolute atomic E-state index is 11.1. The monoisotopic (exact) mass is 224 g/mol. The lowest BCUT2D eigenvalue weighted by Crippen LogP contribution is -1.90. The second kappa shape index (κ2) is 3.60. The Hall–Kier alpha value is -1.05. The van der Waals surface area contributed by atoms with Gasteiger partial charge >= 0.3 is 0 Å². The van der Waals surface area contributed by atoms with Crippen LogP contribution in [0.2, 0.25) is 5.02 Å². The zero-order valence-corrected chi connectivity index (χ0v) is 8.64. The first kappa shape index (κ1) is 9.50. The number of rotatable bonds is 1. The normalized spacial score (nSPS) is 10.4. The molecule has 1 nitrogen and oxygen atoms in total. The lowest BCUT2D eigenvalue weighted by Gasteiger charge is -2.03. The van der Waals surface area contributed by atoms with Gasteiger partial charge < -0.3 is 0 Å². The Morgan fingerprint density at radius 2 is 1.71 bits per heavy atom. The van der Waals surface area contributed by atoms with Crippen molar-refractivity contribution in [1.29, 1.82) is 0 Å². The Morgan fingerprint density at radius 3 is 2.36 bits per heavy atom. The third-order valence-electron chi connectivity index (χ3n) is 2.07. The van der Waals surface area contributed by atoms with Gasteiger partial charge in [0.25, 0.3) is 5.24 Å². The van der Waals surface area contributed by atoms with Gasteiger partial charge in [-0.3, -0.25) is 4.79 Å². The van der Waals surface area contributed by atoms with Crippen LogP contribution < -0.4 is 0 Å². The van der Waals surface area contributed by atoms with Crippen LogP contribution in [0.1, 0.15) is 10.4 Å². The third-order valence-corrected chi connectivity index (χ3v) is 2.58. The smallest absolute Gasteiger partial charge is 0.253 e. The van der Waals surface area contributed by atoms with Crippen LogP contribution >= 0.6 is 23.2 Å². The molecular formula is C11H6Cl2O. The molecule has 0 aromatic heterocycles. The van der Waals surface area contributed by atoms with Gasteiger partial charge in [0, 0.05) is 16.0 Å². The van der Waals surface area contributed by atoms with Crippen LogP contribution in [0.4, 0.5) is 0 Å². The number of fused-ring (bicyclic) bond motifs is 1. The van der Waals surface area contributed by atoms with Gasteiger partial charge in [0.2, 0.25) is 0 Å². The molecule has 0 aliphatic carbocycles. The molecule has 0 saturated carbocycles. The topological polar surface area (TPSA) is 17.1 Å². The molecule has 0 aliphatic rings. The lowest BCUT2D eigenvalue weighted by atomic mass is 10.1. The highest BCUT2D eigenvalue weighted by Gasteiger charge is 2.09. The first-order chi connectivity index (χ1) is 6.70. The molecule has 0 radical (unpaired) electrons. The van der Waals surface area contributed by atoms with Crippen molar-refractivity contribution < 1.29 is 4.79 Å². The van der Waals surface area contributed by atoms with E-state index in [1.54, 1.807) is 18.2 Å². The summed E-state index contributed by atoms with van der Waals surface area (Å²) in [5.41, 5.74) is 0.453. The van der Waals surface area contributed by atoms with Gasteiger partial charge in [0.1, 0.15) is 0 Å². The number of carbonyl (C=O) groups excluding carboxylic acids is 1. The summed E-state index contributed by atoms with van der Waals surface area (Å²) < 4.78 is 0. The Kier molecular flexibility index (Phi) is 2.44. The van der Waals surface area contributed by atoms with Gasteiger partial charge in [-0.25, -0.2) is 0 Å². The summed E-state index contributed by atoms with van der Waals surface area (Å²) in [6.07, 6.45) is 0. The fourth-order valence-corrected chi connectivity index (χ4v) is 1.90. The molecule has 2 aromatic carbocycles. The molecule has 0 fully saturated rings. The fourth-order valence-electron chi connectivity index (χ4n) is 1.46. The first-order valence-electron chi connectivity index (χ1n) is 4.07. The molecule has 70 valence electrons. The fraction of sp³-hybridized carbons (Fsp3) is 0. The molecule has 2 aromatic rings. The largest absolute Gasteiger partial charge is 0.276 e. The number of hydrogen-bond donors (Lipinski definition) is 0. The van der Waals surface area contributed by atoms with E-state index < -0.39 is 5.24 Å². The van der Waals surface area contributed by atoms with E-state index >= 15 is 0 Å². The molecule has 0 heterocycles. The van der Waals surface area contributed by atoms with E-state index in [0.29, 0.717) is 10.6 Å². The summed E-state index contributed by atoms with van der Waals surface area (Å²) in [5.74, 6) is 0. The Morgan fingerprint density at radius 1 is 1.07 bits per heavy atom. The first-order valence-corrected chi connectivity index (χ1v) is 4.83. The van der Waals surface area contributed by atoms with E-state index in [4.69, 9.17) is 23.2 Å². The summed E-state index contributed by atoms with van der Waals surface area (Å²) in [5, 5.41) is 1.71. The predicted octanol–water partition coefficient (Wildman–Crippen LogP) is 3.87. The molecule has 0 bridgehead atoms. The molecule has 14 heavy (non-hydrogen) atoms.